The fourth-order valence-corrected chi connectivity index (χ4v) is 1.69. The molecule has 0 spiro atoms. The highest BCUT2D eigenvalue weighted by Crippen LogP contribution is 2.18. The van der Waals surface area contributed by atoms with Crippen LogP contribution in [0.25, 0.3) is 0 Å². The van der Waals surface area contributed by atoms with Gasteiger partial charge in [-0.15, -0.1) is 0 Å². The van der Waals surface area contributed by atoms with Crippen LogP contribution in [0.3, 0.4) is 0 Å². The van der Waals surface area contributed by atoms with Crippen molar-refractivity contribution in [1.29, 1.82) is 0 Å². The Kier molecular flexibility index (Phi) is 3.69. The first-order chi connectivity index (χ1) is 9.54. The van der Waals surface area contributed by atoms with Gasteiger partial charge in [-0.3, -0.25) is 9.48 Å². The van der Waals surface area contributed by atoms with Crippen molar-refractivity contribution in [3.63, 3.8) is 0 Å². The number of aromatic nitrogens is 2. The van der Waals surface area contributed by atoms with E-state index in [1.807, 2.05) is 0 Å². The van der Waals surface area contributed by atoms with Crippen molar-refractivity contribution in [1.82, 2.24) is 9.78 Å². The van der Waals surface area contributed by atoms with Crippen LogP contribution in [-0.4, -0.2) is 28.8 Å². The number of ether oxygens (including phenoxy) is 1. The van der Waals surface area contributed by atoms with E-state index in [1.54, 1.807) is 31.3 Å². The number of anilines is 2. The molecule has 20 heavy (non-hydrogen) atoms. The molecule has 0 fully saturated rings. The maximum absolute atomic E-state index is 12.1. The summed E-state index contributed by atoms with van der Waals surface area (Å²) in [6.07, 6.45) is 1.37. The molecule has 1 aromatic heterocycles. The van der Waals surface area contributed by atoms with Crippen molar-refractivity contribution < 1.29 is 14.3 Å². The maximum atomic E-state index is 12.1. The van der Waals surface area contributed by atoms with Crippen LogP contribution >= 0.6 is 0 Å². The van der Waals surface area contributed by atoms with E-state index in [-0.39, 0.29) is 16.9 Å². The zero-order valence-electron chi connectivity index (χ0n) is 11.1. The number of methoxy groups -OCH3 is 1. The van der Waals surface area contributed by atoms with E-state index in [4.69, 9.17) is 5.73 Å². The van der Waals surface area contributed by atoms with E-state index < -0.39 is 11.9 Å². The Morgan fingerprint density at radius 3 is 2.60 bits per heavy atom. The third-order valence-electron chi connectivity index (χ3n) is 2.81. The van der Waals surface area contributed by atoms with Gasteiger partial charge in [-0.05, 0) is 12.1 Å². The van der Waals surface area contributed by atoms with Gasteiger partial charge < -0.3 is 15.8 Å². The molecule has 7 nitrogen and oxygen atoms in total. The zero-order chi connectivity index (χ0) is 14.7. The van der Waals surface area contributed by atoms with Crippen molar-refractivity contribution in [2.24, 2.45) is 7.05 Å². The van der Waals surface area contributed by atoms with Crippen LogP contribution < -0.4 is 11.1 Å². The minimum absolute atomic E-state index is 0.243. The Hall–Kier alpha value is -2.83. The number of nitrogens with zero attached hydrogens (tertiary/aromatic N) is 2. The summed E-state index contributed by atoms with van der Waals surface area (Å²) in [4.78, 5) is 23.7. The molecular weight excluding hydrogens is 260 g/mol. The Labute approximate surface area is 115 Å². The molecule has 0 radical (unpaired) electrons. The Morgan fingerprint density at radius 1 is 1.30 bits per heavy atom. The summed E-state index contributed by atoms with van der Waals surface area (Å²) < 4.78 is 6.05. The number of esters is 1. The largest absolute Gasteiger partial charge is 0.465 e. The highest BCUT2D eigenvalue weighted by Gasteiger charge is 2.17. The smallest absolute Gasteiger partial charge is 0.339 e. The van der Waals surface area contributed by atoms with Gasteiger partial charge in [-0.25, -0.2) is 4.79 Å². The molecule has 0 saturated carbocycles. The van der Waals surface area contributed by atoms with Crippen molar-refractivity contribution in [3.8, 4) is 0 Å². The normalized spacial score (nSPS) is 10.1. The SMILES string of the molecule is COC(=O)c1ccccc1NC(=O)c1cnn(C)c1N. The van der Waals surface area contributed by atoms with E-state index in [0.29, 0.717) is 5.69 Å². The highest BCUT2D eigenvalue weighted by molar-refractivity contribution is 6.10. The van der Waals surface area contributed by atoms with Gasteiger partial charge in [0.15, 0.2) is 0 Å². The number of nitrogen functional groups attached to an aromatic ring is 1. The summed E-state index contributed by atoms with van der Waals surface area (Å²) in [6, 6.07) is 6.56. The number of hydrogen-bond acceptors (Lipinski definition) is 5. The minimum atomic E-state index is -0.528. The molecule has 2 rings (SSSR count). The standard InChI is InChI=1S/C13H14N4O3/c1-17-11(14)9(7-15-17)12(18)16-10-6-4-3-5-8(10)13(19)20-2/h3-7H,14H2,1-2H3,(H,16,18). The summed E-state index contributed by atoms with van der Waals surface area (Å²) in [6.45, 7) is 0. The van der Waals surface area contributed by atoms with Gasteiger partial charge in [-0.2, -0.15) is 5.10 Å². The molecule has 7 heteroatoms. The second-order valence-electron chi connectivity index (χ2n) is 4.06. The molecule has 1 amide bonds. The number of rotatable bonds is 3. The lowest BCUT2D eigenvalue weighted by Gasteiger charge is -2.09. The lowest BCUT2D eigenvalue weighted by atomic mass is 10.1. The van der Waals surface area contributed by atoms with Gasteiger partial charge in [0.1, 0.15) is 11.4 Å². The molecule has 2 aromatic rings. The highest BCUT2D eigenvalue weighted by atomic mass is 16.5. The molecule has 104 valence electrons. The number of nitrogens with two attached hydrogens (primary N) is 1. The number of carbonyl (C=O) groups is 2. The fourth-order valence-electron chi connectivity index (χ4n) is 1.69. The average Bonchev–Trinajstić information content (AvgIpc) is 2.79. The number of benzene rings is 1. The molecule has 1 heterocycles. The van der Waals surface area contributed by atoms with Gasteiger partial charge in [0.05, 0.1) is 24.6 Å². The van der Waals surface area contributed by atoms with Crippen LogP contribution in [0.1, 0.15) is 20.7 Å². The first-order valence-corrected chi connectivity index (χ1v) is 5.80. The molecule has 0 bridgehead atoms. The summed E-state index contributed by atoms with van der Waals surface area (Å²) in [7, 11) is 2.91. The van der Waals surface area contributed by atoms with E-state index in [0.717, 1.165) is 0 Å². The third-order valence-corrected chi connectivity index (χ3v) is 2.81. The first-order valence-electron chi connectivity index (χ1n) is 5.80. The van der Waals surface area contributed by atoms with Crippen molar-refractivity contribution in [3.05, 3.63) is 41.6 Å². The predicted octanol–water partition coefficient (Wildman–Crippen LogP) is 1.04. The molecule has 0 aliphatic heterocycles. The molecule has 0 atom stereocenters. The third kappa shape index (κ3) is 2.46. The number of carbonyl (C=O) groups excluding carboxylic acids is 2. The lowest BCUT2D eigenvalue weighted by Crippen LogP contribution is -2.16. The maximum Gasteiger partial charge on any atom is 0.339 e. The van der Waals surface area contributed by atoms with Crippen LogP contribution in [0.15, 0.2) is 30.5 Å². The van der Waals surface area contributed by atoms with Gasteiger partial charge >= 0.3 is 5.97 Å². The number of para-hydroxylation sites is 1. The number of amides is 1. The van der Waals surface area contributed by atoms with Crippen LogP contribution in [0.5, 0.6) is 0 Å². The van der Waals surface area contributed by atoms with E-state index >= 15 is 0 Å². The van der Waals surface area contributed by atoms with Gasteiger partial charge in [-0.1, -0.05) is 12.1 Å². The van der Waals surface area contributed by atoms with Crippen LogP contribution in [0, 0.1) is 0 Å². The monoisotopic (exact) mass is 274 g/mol. The summed E-state index contributed by atoms with van der Waals surface area (Å²) in [5, 5.41) is 6.51. The van der Waals surface area contributed by atoms with Gasteiger partial charge in [0.25, 0.3) is 5.91 Å². The first kappa shape index (κ1) is 13.6. The van der Waals surface area contributed by atoms with Crippen molar-refractivity contribution >= 4 is 23.4 Å². The quantitative estimate of drug-likeness (QED) is 0.815. The fraction of sp³-hybridized carbons (Fsp3) is 0.154. The van der Waals surface area contributed by atoms with Gasteiger partial charge in [0, 0.05) is 7.05 Å². The number of nitrogens with one attached hydrogen (secondary N) is 1. The van der Waals surface area contributed by atoms with Crippen LogP contribution in [0.2, 0.25) is 0 Å². The lowest BCUT2D eigenvalue weighted by molar-refractivity contribution is 0.0602. The molecular formula is C13H14N4O3. The second kappa shape index (κ2) is 5.43. The van der Waals surface area contributed by atoms with Crippen molar-refractivity contribution in [2.45, 2.75) is 0 Å². The molecule has 0 aliphatic carbocycles. The summed E-state index contributed by atoms with van der Waals surface area (Å²) in [5.74, 6) is -0.718. The van der Waals surface area contributed by atoms with Crippen LogP contribution in [0.4, 0.5) is 11.5 Å². The molecule has 3 N–H and O–H groups in total. The topological polar surface area (TPSA) is 99.2 Å². The minimum Gasteiger partial charge on any atom is -0.465 e. The van der Waals surface area contributed by atoms with Crippen LogP contribution in [-0.2, 0) is 11.8 Å². The average molecular weight is 274 g/mol. The summed E-state index contributed by atoms with van der Waals surface area (Å²) in [5.41, 5.74) is 6.60. The second-order valence-corrected chi connectivity index (χ2v) is 4.06. The van der Waals surface area contributed by atoms with E-state index in [9.17, 15) is 9.59 Å². The zero-order valence-corrected chi connectivity index (χ0v) is 11.1. The molecule has 1 aromatic carbocycles. The number of aryl methyl sites for hydroxylation is 1. The van der Waals surface area contributed by atoms with E-state index in [1.165, 1.54) is 18.0 Å². The molecule has 0 saturated heterocycles. The van der Waals surface area contributed by atoms with Gasteiger partial charge in [0.2, 0.25) is 0 Å². The van der Waals surface area contributed by atoms with E-state index in [2.05, 4.69) is 15.2 Å². The molecule has 0 aliphatic rings. The summed E-state index contributed by atoms with van der Waals surface area (Å²) >= 11 is 0. The number of hydrogen-bond donors (Lipinski definition) is 2. The Bertz CT molecular complexity index is 663. The Balaban J connectivity index is 2.29. The Morgan fingerprint density at radius 2 is 2.00 bits per heavy atom. The molecule has 0 unspecified atom stereocenters. The van der Waals surface area contributed by atoms with Crippen molar-refractivity contribution in [2.75, 3.05) is 18.2 Å². The predicted molar refractivity (Wildman–Crippen MR) is 73.4 cm³/mol.